The van der Waals surface area contributed by atoms with Crippen LogP contribution in [-0.4, -0.2) is 66.6 Å². The topological polar surface area (TPSA) is 95.5 Å². The molecule has 1 atom stereocenters. The smallest absolute Gasteiger partial charge is 0.245 e. The lowest BCUT2D eigenvalue weighted by atomic mass is 10.0. The van der Waals surface area contributed by atoms with Crippen molar-refractivity contribution >= 4 is 49.7 Å². The number of carbonyl (C=O) groups excluding carboxylic acids is 1. The second-order valence-corrected chi connectivity index (χ2v) is 12.0. The lowest BCUT2D eigenvalue weighted by Gasteiger charge is -2.36. The van der Waals surface area contributed by atoms with Gasteiger partial charge in [0.25, 0.3) is 0 Å². The van der Waals surface area contributed by atoms with E-state index in [1.807, 2.05) is 4.90 Å². The van der Waals surface area contributed by atoms with Crippen LogP contribution in [0.25, 0.3) is 0 Å². The number of amides is 1. The molecule has 12 heteroatoms. The van der Waals surface area contributed by atoms with E-state index in [0.717, 1.165) is 49.2 Å². The summed E-state index contributed by atoms with van der Waals surface area (Å²) in [5, 5.41) is 3.77. The van der Waals surface area contributed by atoms with Gasteiger partial charge in [-0.15, -0.1) is 0 Å². The fourth-order valence-electron chi connectivity index (χ4n) is 4.27. The molecule has 0 aliphatic carbocycles. The number of hydrogen-bond acceptors (Lipinski definition) is 8. The highest BCUT2D eigenvalue weighted by molar-refractivity contribution is 7.90. The summed E-state index contributed by atoms with van der Waals surface area (Å²) in [6.45, 7) is 6.34. The highest BCUT2D eigenvalue weighted by atomic mass is 35.5. The predicted molar refractivity (Wildman–Crippen MR) is 127 cm³/mol. The molecular formula is C21H27ClFN5O3S2. The summed E-state index contributed by atoms with van der Waals surface area (Å²) in [6, 6.07) is 1.67. The van der Waals surface area contributed by atoms with Crippen LogP contribution in [0.4, 0.5) is 15.2 Å². The van der Waals surface area contributed by atoms with Gasteiger partial charge in [0.05, 0.1) is 15.6 Å². The number of carbonyl (C=O) groups is 1. The van der Waals surface area contributed by atoms with E-state index in [4.69, 9.17) is 11.6 Å². The summed E-state index contributed by atoms with van der Waals surface area (Å²) in [6.07, 6.45) is 3.17. The third-order valence-corrected chi connectivity index (χ3v) is 8.47. The SMILES string of the molecule is CC(C)c1nsc(N2CCC(N3CC[C@H](Nc4cc(Cl)c(S(C)(=O)=O)cc4F)C3=O)CC2)n1. The van der Waals surface area contributed by atoms with Crippen LogP contribution in [0.2, 0.25) is 5.02 Å². The maximum atomic E-state index is 14.5. The molecule has 2 saturated heterocycles. The monoisotopic (exact) mass is 515 g/mol. The van der Waals surface area contributed by atoms with Crippen molar-refractivity contribution < 1.29 is 17.6 Å². The Morgan fingerprint density at radius 3 is 2.52 bits per heavy atom. The van der Waals surface area contributed by atoms with Crippen molar-refractivity contribution in [1.29, 1.82) is 0 Å². The second-order valence-electron chi connectivity index (χ2n) is 8.86. The van der Waals surface area contributed by atoms with Crippen molar-refractivity contribution in [2.45, 2.75) is 56.0 Å². The van der Waals surface area contributed by atoms with Crippen LogP contribution < -0.4 is 10.2 Å². The molecule has 0 bridgehead atoms. The quantitative estimate of drug-likeness (QED) is 0.628. The number of aromatic nitrogens is 2. The molecule has 1 N–H and O–H groups in total. The van der Waals surface area contributed by atoms with Crippen LogP contribution in [0.5, 0.6) is 0 Å². The van der Waals surface area contributed by atoms with E-state index < -0.39 is 21.7 Å². The second kappa shape index (κ2) is 9.34. The van der Waals surface area contributed by atoms with Gasteiger partial charge >= 0.3 is 0 Å². The zero-order chi connectivity index (χ0) is 23.9. The summed E-state index contributed by atoms with van der Waals surface area (Å²) >= 11 is 7.46. The van der Waals surface area contributed by atoms with E-state index in [1.165, 1.54) is 17.6 Å². The fourth-order valence-corrected chi connectivity index (χ4v) is 6.44. The van der Waals surface area contributed by atoms with Crippen molar-refractivity contribution in [3.8, 4) is 0 Å². The van der Waals surface area contributed by atoms with Gasteiger partial charge in [0, 0.05) is 49.4 Å². The first-order valence-corrected chi connectivity index (χ1v) is 13.9. The molecule has 2 fully saturated rings. The van der Waals surface area contributed by atoms with E-state index >= 15 is 0 Å². The number of nitrogens with one attached hydrogen (secondary N) is 1. The van der Waals surface area contributed by atoms with Crippen molar-refractivity contribution in [3.05, 3.63) is 28.8 Å². The number of benzene rings is 1. The van der Waals surface area contributed by atoms with Gasteiger partial charge < -0.3 is 15.1 Å². The van der Waals surface area contributed by atoms with E-state index in [2.05, 4.69) is 33.4 Å². The molecule has 0 saturated carbocycles. The average molecular weight is 516 g/mol. The molecule has 2 aliphatic rings. The molecule has 180 valence electrons. The van der Waals surface area contributed by atoms with Crippen LogP contribution >= 0.6 is 23.1 Å². The number of rotatable bonds is 6. The Kier molecular flexibility index (Phi) is 6.84. The van der Waals surface area contributed by atoms with Crippen molar-refractivity contribution in [3.63, 3.8) is 0 Å². The molecule has 2 aliphatic heterocycles. The Balaban J connectivity index is 1.37. The van der Waals surface area contributed by atoms with E-state index in [0.29, 0.717) is 18.9 Å². The van der Waals surface area contributed by atoms with Crippen molar-refractivity contribution in [2.75, 3.05) is 36.1 Å². The first-order chi connectivity index (χ1) is 15.5. The third-order valence-electron chi connectivity index (χ3n) is 6.11. The maximum Gasteiger partial charge on any atom is 0.245 e. The van der Waals surface area contributed by atoms with Crippen LogP contribution in [0.3, 0.4) is 0 Å². The molecule has 1 aromatic carbocycles. The van der Waals surface area contributed by atoms with Gasteiger partial charge in [-0.1, -0.05) is 25.4 Å². The standard InChI is InChI=1S/C21H27ClFN5O3S2/c1-12(2)19-25-21(32-26-19)27-7-4-13(5-8-27)28-9-6-16(20(28)29)24-17-10-14(22)18(11-15(17)23)33(3,30)31/h10-13,16,24H,4-9H2,1-3H3/t16-/m0/s1. The van der Waals surface area contributed by atoms with E-state index in [-0.39, 0.29) is 27.6 Å². The average Bonchev–Trinajstić information content (AvgIpc) is 3.38. The number of anilines is 2. The minimum Gasteiger partial charge on any atom is -0.371 e. The summed E-state index contributed by atoms with van der Waals surface area (Å²) in [5.74, 6) is 0.325. The van der Waals surface area contributed by atoms with Crippen molar-refractivity contribution in [1.82, 2.24) is 14.3 Å². The Labute approximate surface area is 202 Å². The minimum atomic E-state index is -3.65. The van der Waals surface area contributed by atoms with Crippen LogP contribution in [0.1, 0.15) is 44.9 Å². The Morgan fingerprint density at radius 1 is 1.21 bits per heavy atom. The van der Waals surface area contributed by atoms with Gasteiger partial charge in [0.15, 0.2) is 9.84 Å². The first kappa shape index (κ1) is 24.2. The number of nitrogens with zero attached hydrogens (tertiary/aromatic N) is 4. The molecular weight excluding hydrogens is 489 g/mol. The van der Waals surface area contributed by atoms with E-state index in [1.54, 1.807) is 0 Å². The molecule has 3 heterocycles. The highest BCUT2D eigenvalue weighted by Gasteiger charge is 2.38. The van der Waals surface area contributed by atoms with Gasteiger partial charge in [-0.2, -0.15) is 4.37 Å². The molecule has 1 aromatic heterocycles. The molecule has 1 amide bonds. The van der Waals surface area contributed by atoms with Gasteiger partial charge in [-0.05, 0) is 31.4 Å². The molecule has 0 spiro atoms. The lowest BCUT2D eigenvalue weighted by Crippen LogP contribution is -2.47. The number of sulfone groups is 1. The fraction of sp³-hybridized carbons (Fsp3) is 0.571. The molecule has 4 rings (SSSR count). The summed E-state index contributed by atoms with van der Waals surface area (Å²) < 4.78 is 42.4. The lowest BCUT2D eigenvalue weighted by molar-refractivity contribution is -0.130. The largest absolute Gasteiger partial charge is 0.371 e. The summed E-state index contributed by atoms with van der Waals surface area (Å²) in [5.41, 5.74) is 0.0274. The molecule has 0 unspecified atom stereocenters. The highest BCUT2D eigenvalue weighted by Crippen LogP contribution is 2.31. The summed E-state index contributed by atoms with van der Waals surface area (Å²) in [4.78, 5) is 21.5. The molecule has 8 nitrogen and oxygen atoms in total. The number of piperidine rings is 1. The zero-order valence-corrected chi connectivity index (χ0v) is 21.1. The predicted octanol–water partition coefficient (Wildman–Crippen LogP) is 3.54. The minimum absolute atomic E-state index is 0.0274. The van der Waals surface area contributed by atoms with Gasteiger partial charge in [0.1, 0.15) is 17.7 Å². The van der Waals surface area contributed by atoms with Gasteiger partial charge in [-0.25, -0.2) is 17.8 Å². The Bertz CT molecular complexity index is 1150. The maximum absolute atomic E-state index is 14.5. The summed E-state index contributed by atoms with van der Waals surface area (Å²) in [7, 11) is -3.65. The molecule has 2 aromatic rings. The van der Waals surface area contributed by atoms with Crippen LogP contribution in [0.15, 0.2) is 17.0 Å². The number of halogens is 2. The number of hydrogen-bond donors (Lipinski definition) is 1. The normalized spacial score (nSPS) is 20.2. The van der Waals surface area contributed by atoms with Gasteiger partial charge in [-0.3, -0.25) is 4.79 Å². The van der Waals surface area contributed by atoms with Crippen LogP contribution in [0, 0.1) is 5.82 Å². The third kappa shape index (κ3) is 5.09. The Hall–Kier alpha value is -1.98. The zero-order valence-electron chi connectivity index (χ0n) is 18.7. The number of likely N-dealkylation sites (tertiary alicyclic amines) is 1. The molecule has 33 heavy (non-hydrogen) atoms. The first-order valence-electron chi connectivity index (χ1n) is 10.9. The Morgan fingerprint density at radius 2 is 1.91 bits per heavy atom. The van der Waals surface area contributed by atoms with Crippen molar-refractivity contribution in [2.24, 2.45) is 0 Å². The van der Waals surface area contributed by atoms with Crippen LogP contribution in [-0.2, 0) is 14.6 Å². The van der Waals surface area contributed by atoms with Gasteiger partial charge in [0.2, 0.25) is 11.0 Å². The van der Waals surface area contributed by atoms with E-state index in [9.17, 15) is 17.6 Å². The molecule has 0 radical (unpaired) electrons.